The number of nitrogens with one attached hydrogen (secondary N) is 1. The van der Waals surface area contributed by atoms with Gasteiger partial charge in [-0.2, -0.15) is 4.98 Å². The Balaban J connectivity index is 1.54. The molecule has 1 saturated heterocycles. The van der Waals surface area contributed by atoms with Crippen LogP contribution in [0.3, 0.4) is 0 Å². The van der Waals surface area contributed by atoms with Gasteiger partial charge in [0.2, 0.25) is 17.6 Å². The topological polar surface area (TPSA) is 71.3 Å². The SMILES string of the molecule is CCCC(=O)NCC1CCCN(Cc2nc(-c3ccccc3C)no2)C1. The second kappa shape index (κ2) is 8.94. The number of piperidine rings is 1. The van der Waals surface area contributed by atoms with E-state index in [1.165, 1.54) is 0 Å². The molecule has 140 valence electrons. The number of aryl methyl sites for hydroxylation is 1. The highest BCUT2D eigenvalue weighted by atomic mass is 16.5. The summed E-state index contributed by atoms with van der Waals surface area (Å²) in [5.41, 5.74) is 2.15. The first kappa shape index (κ1) is 18.6. The van der Waals surface area contributed by atoms with E-state index in [0.717, 1.165) is 50.0 Å². The molecule has 1 unspecified atom stereocenters. The second-order valence-corrected chi connectivity index (χ2v) is 7.12. The van der Waals surface area contributed by atoms with E-state index < -0.39 is 0 Å². The van der Waals surface area contributed by atoms with Crippen LogP contribution in [0.15, 0.2) is 28.8 Å². The predicted molar refractivity (Wildman–Crippen MR) is 100 cm³/mol. The number of hydrogen-bond acceptors (Lipinski definition) is 5. The van der Waals surface area contributed by atoms with Gasteiger partial charge in [-0.1, -0.05) is 36.3 Å². The molecule has 6 nitrogen and oxygen atoms in total. The molecule has 0 saturated carbocycles. The summed E-state index contributed by atoms with van der Waals surface area (Å²) in [6.07, 6.45) is 3.79. The van der Waals surface area contributed by atoms with Crippen LogP contribution in [0.4, 0.5) is 0 Å². The molecule has 1 amide bonds. The Morgan fingerprint density at radius 2 is 2.23 bits per heavy atom. The lowest BCUT2D eigenvalue weighted by molar-refractivity contribution is -0.121. The first-order valence-electron chi connectivity index (χ1n) is 9.53. The van der Waals surface area contributed by atoms with Crippen LogP contribution < -0.4 is 5.32 Å². The third-order valence-electron chi connectivity index (χ3n) is 4.88. The molecule has 2 heterocycles. The molecular formula is C20H28N4O2. The van der Waals surface area contributed by atoms with Gasteiger partial charge in [0.15, 0.2) is 0 Å². The molecule has 1 aliphatic rings. The number of carbonyl (C=O) groups is 1. The highest BCUT2D eigenvalue weighted by molar-refractivity contribution is 5.75. The zero-order valence-electron chi connectivity index (χ0n) is 15.7. The maximum atomic E-state index is 11.7. The van der Waals surface area contributed by atoms with Crippen molar-refractivity contribution in [3.05, 3.63) is 35.7 Å². The Hall–Kier alpha value is -2.21. The van der Waals surface area contributed by atoms with Gasteiger partial charge in [-0.15, -0.1) is 0 Å². The van der Waals surface area contributed by atoms with Crippen molar-refractivity contribution in [3.8, 4) is 11.4 Å². The summed E-state index contributed by atoms with van der Waals surface area (Å²) < 4.78 is 5.47. The first-order valence-corrected chi connectivity index (χ1v) is 9.53. The molecule has 0 spiro atoms. The van der Waals surface area contributed by atoms with Crippen LogP contribution in [0.25, 0.3) is 11.4 Å². The van der Waals surface area contributed by atoms with Crippen LogP contribution in [0.2, 0.25) is 0 Å². The fourth-order valence-corrected chi connectivity index (χ4v) is 3.48. The maximum absolute atomic E-state index is 11.7. The summed E-state index contributed by atoms with van der Waals surface area (Å²) in [6, 6.07) is 8.06. The van der Waals surface area contributed by atoms with Gasteiger partial charge in [0.1, 0.15) is 0 Å². The Morgan fingerprint density at radius 3 is 3.04 bits per heavy atom. The van der Waals surface area contributed by atoms with Crippen LogP contribution in [0, 0.1) is 12.8 Å². The van der Waals surface area contributed by atoms with Crippen molar-refractivity contribution in [2.24, 2.45) is 5.92 Å². The van der Waals surface area contributed by atoms with Crippen LogP contribution >= 0.6 is 0 Å². The van der Waals surface area contributed by atoms with Crippen molar-refractivity contribution >= 4 is 5.91 Å². The molecule has 0 aliphatic carbocycles. The van der Waals surface area contributed by atoms with Crippen LogP contribution in [0.1, 0.15) is 44.1 Å². The number of likely N-dealkylation sites (tertiary alicyclic amines) is 1. The first-order chi connectivity index (χ1) is 12.7. The average Bonchev–Trinajstić information content (AvgIpc) is 3.09. The van der Waals surface area contributed by atoms with E-state index in [0.29, 0.717) is 30.6 Å². The monoisotopic (exact) mass is 356 g/mol. The number of benzene rings is 1. The normalized spacial score (nSPS) is 18.0. The number of carbonyl (C=O) groups excluding carboxylic acids is 1. The van der Waals surface area contributed by atoms with Crippen LogP contribution in [-0.4, -0.2) is 40.6 Å². The fourth-order valence-electron chi connectivity index (χ4n) is 3.48. The van der Waals surface area contributed by atoms with Gasteiger partial charge in [0.25, 0.3) is 0 Å². The Bertz CT molecular complexity index is 728. The highest BCUT2D eigenvalue weighted by Crippen LogP contribution is 2.22. The highest BCUT2D eigenvalue weighted by Gasteiger charge is 2.22. The molecule has 26 heavy (non-hydrogen) atoms. The molecule has 1 aliphatic heterocycles. The summed E-state index contributed by atoms with van der Waals surface area (Å²) in [6.45, 7) is 7.48. The second-order valence-electron chi connectivity index (χ2n) is 7.12. The fraction of sp³-hybridized carbons (Fsp3) is 0.550. The van der Waals surface area contributed by atoms with E-state index in [1.54, 1.807) is 0 Å². The Kier molecular flexibility index (Phi) is 6.39. The quantitative estimate of drug-likeness (QED) is 0.825. The molecule has 0 bridgehead atoms. The van der Waals surface area contributed by atoms with Gasteiger partial charge in [-0.3, -0.25) is 9.69 Å². The van der Waals surface area contributed by atoms with E-state index in [4.69, 9.17) is 4.52 Å². The number of amides is 1. The third kappa shape index (κ3) is 4.91. The molecule has 1 fully saturated rings. The molecule has 0 radical (unpaired) electrons. The standard InChI is InChI=1S/C20H28N4O2/c1-3-7-18(25)21-12-16-9-6-11-24(13-16)14-19-22-20(23-26-19)17-10-5-4-8-15(17)2/h4-5,8,10,16H,3,6-7,9,11-14H2,1-2H3,(H,21,25). The molecule has 1 aromatic heterocycles. The molecule has 3 rings (SSSR count). The molecule has 1 aromatic carbocycles. The van der Waals surface area contributed by atoms with Crippen molar-refractivity contribution in [1.29, 1.82) is 0 Å². The zero-order valence-corrected chi connectivity index (χ0v) is 15.7. The predicted octanol–water partition coefficient (Wildman–Crippen LogP) is 3.17. The molecule has 1 N–H and O–H groups in total. The average molecular weight is 356 g/mol. The molecule has 2 aromatic rings. The molecular weight excluding hydrogens is 328 g/mol. The summed E-state index contributed by atoms with van der Waals surface area (Å²) in [4.78, 5) is 18.6. The van der Waals surface area contributed by atoms with Crippen molar-refractivity contribution < 1.29 is 9.32 Å². The van der Waals surface area contributed by atoms with E-state index >= 15 is 0 Å². The molecule has 1 atom stereocenters. The number of nitrogens with zero attached hydrogens (tertiary/aromatic N) is 3. The van der Waals surface area contributed by atoms with Gasteiger partial charge in [-0.25, -0.2) is 0 Å². The van der Waals surface area contributed by atoms with E-state index in [2.05, 4.69) is 20.4 Å². The number of hydrogen-bond donors (Lipinski definition) is 1. The Labute approximate surface area is 155 Å². The number of rotatable bonds is 7. The minimum Gasteiger partial charge on any atom is -0.356 e. The Morgan fingerprint density at radius 1 is 1.38 bits per heavy atom. The largest absolute Gasteiger partial charge is 0.356 e. The van der Waals surface area contributed by atoms with Gasteiger partial charge in [0.05, 0.1) is 6.54 Å². The van der Waals surface area contributed by atoms with E-state index in [-0.39, 0.29) is 5.91 Å². The van der Waals surface area contributed by atoms with Crippen molar-refractivity contribution in [2.75, 3.05) is 19.6 Å². The third-order valence-corrected chi connectivity index (χ3v) is 4.88. The lowest BCUT2D eigenvalue weighted by atomic mass is 9.98. The van der Waals surface area contributed by atoms with Gasteiger partial charge in [-0.05, 0) is 44.2 Å². The number of aromatic nitrogens is 2. The minimum atomic E-state index is 0.157. The summed E-state index contributed by atoms with van der Waals surface area (Å²) in [5, 5.41) is 7.19. The van der Waals surface area contributed by atoms with Gasteiger partial charge >= 0.3 is 0 Å². The van der Waals surface area contributed by atoms with Crippen LogP contribution in [-0.2, 0) is 11.3 Å². The lowest BCUT2D eigenvalue weighted by Gasteiger charge is -2.31. The van der Waals surface area contributed by atoms with Gasteiger partial charge < -0.3 is 9.84 Å². The van der Waals surface area contributed by atoms with Crippen LogP contribution in [0.5, 0.6) is 0 Å². The maximum Gasteiger partial charge on any atom is 0.241 e. The lowest BCUT2D eigenvalue weighted by Crippen LogP contribution is -2.40. The van der Waals surface area contributed by atoms with Gasteiger partial charge in [0, 0.05) is 25.1 Å². The van der Waals surface area contributed by atoms with Crippen molar-refractivity contribution in [2.45, 2.75) is 46.1 Å². The van der Waals surface area contributed by atoms with E-state index in [1.807, 2.05) is 38.1 Å². The summed E-state index contributed by atoms with van der Waals surface area (Å²) in [7, 11) is 0. The smallest absolute Gasteiger partial charge is 0.241 e. The van der Waals surface area contributed by atoms with Crippen molar-refractivity contribution in [3.63, 3.8) is 0 Å². The van der Waals surface area contributed by atoms with Crippen molar-refractivity contribution in [1.82, 2.24) is 20.4 Å². The zero-order chi connectivity index (χ0) is 18.4. The van der Waals surface area contributed by atoms with E-state index in [9.17, 15) is 4.79 Å². The molecule has 6 heteroatoms. The summed E-state index contributed by atoms with van der Waals surface area (Å²) in [5.74, 6) is 1.95. The summed E-state index contributed by atoms with van der Waals surface area (Å²) >= 11 is 0. The minimum absolute atomic E-state index is 0.157.